The molecular formula is C12H8Br2N2O2. The Kier molecular flexibility index (Phi) is 3.98. The average Bonchev–Trinajstić information content (AvgIpc) is 2.34. The number of anilines is 1. The lowest BCUT2D eigenvalue weighted by molar-refractivity contribution is 0.102. The van der Waals surface area contributed by atoms with Gasteiger partial charge in [0.2, 0.25) is 0 Å². The standard InChI is InChI=1S/C12H8Br2N2O2/c13-7-1-2-9(14)10(5-7)16-12(18)8-6-15-4-3-11(8)17/h1-6H,(H,15,17)(H,16,18). The highest BCUT2D eigenvalue weighted by Crippen LogP contribution is 2.26. The van der Waals surface area contributed by atoms with Crippen molar-refractivity contribution in [3.8, 4) is 0 Å². The number of rotatable bonds is 2. The van der Waals surface area contributed by atoms with E-state index in [9.17, 15) is 9.59 Å². The van der Waals surface area contributed by atoms with E-state index in [0.29, 0.717) is 5.69 Å². The molecule has 0 bridgehead atoms. The van der Waals surface area contributed by atoms with Crippen LogP contribution in [0.3, 0.4) is 0 Å². The van der Waals surface area contributed by atoms with Crippen LogP contribution in [0.5, 0.6) is 0 Å². The van der Waals surface area contributed by atoms with Crippen molar-refractivity contribution in [1.82, 2.24) is 4.98 Å². The zero-order valence-corrected chi connectivity index (χ0v) is 12.2. The van der Waals surface area contributed by atoms with E-state index in [1.54, 1.807) is 12.1 Å². The SMILES string of the molecule is O=C(Nc1cc(Br)ccc1Br)c1c[nH]ccc1=O. The predicted octanol–water partition coefficient (Wildman–Crippen LogP) is 3.15. The third kappa shape index (κ3) is 2.88. The molecule has 1 aromatic heterocycles. The minimum atomic E-state index is -0.448. The van der Waals surface area contributed by atoms with E-state index in [1.807, 2.05) is 6.07 Å². The van der Waals surface area contributed by atoms with Crippen LogP contribution in [-0.4, -0.2) is 10.9 Å². The molecule has 18 heavy (non-hydrogen) atoms. The fourth-order valence-electron chi connectivity index (χ4n) is 1.38. The van der Waals surface area contributed by atoms with Crippen molar-refractivity contribution in [1.29, 1.82) is 0 Å². The first kappa shape index (κ1) is 13.0. The molecule has 2 aromatic rings. The minimum absolute atomic E-state index is 0.0735. The topological polar surface area (TPSA) is 62.0 Å². The largest absolute Gasteiger partial charge is 0.367 e. The minimum Gasteiger partial charge on any atom is -0.367 e. The maximum atomic E-state index is 11.9. The second-order valence-electron chi connectivity index (χ2n) is 3.50. The first-order valence-electron chi connectivity index (χ1n) is 5.01. The lowest BCUT2D eigenvalue weighted by Gasteiger charge is -2.07. The van der Waals surface area contributed by atoms with Gasteiger partial charge in [-0.05, 0) is 34.1 Å². The van der Waals surface area contributed by atoms with Crippen LogP contribution in [0.15, 0.2) is 50.4 Å². The molecule has 92 valence electrons. The normalized spacial score (nSPS) is 10.1. The molecule has 1 heterocycles. The van der Waals surface area contributed by atoms with Gasteiger partial charge in [0.15, 0.2) is 5.43 Å². The summed E-state index contributed by atoms with van der Waals surface area (Å²) in [5.41, 5.74) is 0.347. The van der Waals surface area contributed by atoms with E-state index in [1.165, 1.54) is 18.5 Å². The summed E-state index contributed by atoms with van der Waals surface area (Å²) in [6.07, 6.45) is 2.86. The Morgan fingerprint density at radius 2 is 2.00 bits per heavy atom. The van der Waals surface area contributed by atoms with Gasteiger partial charge in [-0.1, -0.05) is 15.9 Å². The zero-order valence-electron chi connectivity index (χ0n) is 9.04. The van der Waals surface area contributed by atoms with Crippen LogP contribution < -0.4 is 10.7 Å². The number of H-pyrrole nitrogens is 1. The number of amides is 1. The molecule has 2 N–H and O–H groups in total. The lowest BCUT2D eigenvalue weighted by atomic mass is 10.2. The number of nitrogens with one attached hydrogen (secondary N) is 2. The third-order valence-corrected chi connectivity index (χ3v) is 3.43. The zero-order chi connectivity index (χ0) is 13.1. The van der Waals surface area contributed by atoms with Crippen LogP contribution in [0, 0.1) is 0 Å². The van der Waals surface area contributed by atoms with Gasteiger partial charge in [0.1, 0.15) is 5.56 Å². The van der Waals surface area contributed by atoms with Crippen LogP contribution in [0.25, 0.3) is 0 Å². The van der Waals surface area contributed by atoms with Gasteiger partial charge in [-0.15, -0.1) is 0 Å². The molecule has 0 aliphatic heterocycles. The summed E-state index contributed by atoms with van der Waals surface area (Å²) in [5, 5.41) is 2.67. The summed E-state index contributed by atoms with van der Waals surface area (Å²) in [7, 11) is 0. The molecule has 1 amide bonds. The second kappa shape index (κ2) is 5.49. The molecule has 1 aromatic carbocycles. The lowest BCUT2D eigenvalue weighted by Crippen LogP contribution is -2.21. The van der Waals surface area contributed by atoms with Gasteiger partial charge >= 0.3 is 0 Å². The van der Waals surface area contributed by atoms with Crippen molar-refractivity contribution in [3.05, 3.63) is 61.4 Å². The predicted molar refractivity (Wildman–Crippen MR) is 76.9 cm³/mol. The molecule has 0 aliphatic carbocycles. The van der Waals surface area contributed by atoms with Crippen LogP contribution in [-0.2, 0) is 0 Å². The molecule has 0 atom stereocenters. The van der Waals surface area contributed by atoms with E-state index in [0.717, 1.165) is 8.95 Å². The molecule has 0 saturated carbocycles. The fourth-order valence-corrected chi connectivity index (χ4v) is 2.08. The van der Waals surface area contributed by atoms with Gasteiger partial charge in [0.05, 0.1) is 5.69 Å². The molecule has 6 heteroatoms. The maximum absolute atomic E-state index is 11.9. The second-order valence-corrected chi connectivity index (χ2v) is 5.27. The van der Waals surface area contributed by atoms with Gasteiger partial charge in [0.25, 0.3) is 5.91 Å². The van der Waals surface area contributed by atoms with Gasteiger partial charge in [0, 0.05) is 27.4 Å². The van der Waals surface area contributed by atoms with Crippen molar-refractivity contribution >= 4 is 43.5 Å². The highest BCUT2D eigenvalue weighted by Gasteiger charge is 2.11. The molecule has 4 nitrogen and oxygen atoms in total. The highest BCUT2D eigenvalue weighted by molar-refractivity contribution is 9.11. The number of hydrogen-bond donors (Lipinski definition) is 2. The van der Waals surface area contributed by atoms with Crippen molar-refractivity contribution in [2.45, 2.75) is 0 Å². The first-order chi connectivity index (χ1) is 8.58. The molecule has 2 rings (SSSR count). The smallest absolute Gasteiger partial charge is 0.261 e. The Labute approximate surface area is 120 Å². The van der Waals surface area contributed by atoms with Crippen molar-refractivity contribution in [2.75, 3.05) is 5.32 Å². The Balaban J connectivity index is 2.30. The molecule has 0 fully saturated rings. The summed E-state index contributed by atoms with van der Waals surface area (Å²) >= 11 is 6.65. The van der Waals surface area contributed by atoms with Crippen molar-refractivity contribution in [3.63, 3.8) is 0 Å². The van der Waals surface area contributed by atoms with E-state index in [-0.39, 0.29) is 11.0 Å². The summed E-state index contributed by atoms with van der Waals surface area (Å²) in [6.45, 7) is 0. The van der Waals surface area contributed by atoms with Crippen molar-refractivity contribution in [2.24, 2.45) is 0 Å². The Bertz CT molecular complexity index is 653. The van der Waals surface area contributed by atoms with Gasteiger partial charge in [-0.3, -0.25) is 9.59 Å². The quantitative estimate of drug-likeness (QED) is 0.851. The average molecular weight is 372 g/mol. The third-order valence-electron chi connectivity index (χ3n) is 2.25. The number of benzene rings is 1. The van der Waals surface area contributed by atoms with E-state index >= 15 is 0 Å². The van der Waals surface area contributed by atoms with E-state index < -0.39 is 5.91 Å². The van der Waals surface area contributed by atoms with Crippen LogP contribution in [0.1, 0.15) is 10.4 Å². The first-order valence-corrected chi connectivity index (χ1v) is 6.60. The number of pyridine rings is 1. The number of aromatic amines is 1. The number of carbonyl (C=O) groups is 1. The van der Waals surface area contributed by atoms with E-state index in [4.69, 9.17) is 0 Å². The molecular weight excluding hydrogens is 364 g/mol. The van der Waals surface area contributed by atoms with Gasteiger partial charge in [-0.25, -0.2) is 0 Å². The van der Waals surface area contributed by atoms with Gasteiger partial charge in [-0.2, -0.15) is 0 Å². The highest BCUT2D eigenvalue weighted by atomic mass is 79.9. The molecule has 0 radical (unpaired) electrons. The summed E-state index contributed by atoms with van der Waals surface area (Å²) in [6, 6.07) is 6.70. The number of carbonyl (C=O) groups excluding carboxylic acids is 1. The Hall–Kier alpha value is -1.40. The van der Waals surface area contributed by atoms with Crippen LogP contribution in [0.4, 0.5) is 5.69 Å². The molecule has 0 unspecified atom stereocenters. The summed E-state index contributed by atoms with van der Waals surface area (Å²) in [4.78, 5) is 26.1. The Morgan fingerprint density at radius 3 is 2.72 bits per heavy atom. The summed E-state index contributed by atoms with van der Waals surface area (Å²) in [5.74, 6) is -0.448. The molecule has 0 aliphatic rings. The molecule has 0 saturated heterocycles. The fraction of sp³-hybridized carbons (Fsp3) is 0. The number of hydrogen-bond acceptors (Lipinski definition) is 2. The van der Waals surface area contributed by atoms with Gasteiger partial charge < -0.3 is 10.3 Å². The van der Waals surface area contributed by atoms with Crippen LogP contribution >= 0.6 is 31.9 Å². The van der Waals surface area contributed by atoms with Crippen LogP contribution in [0.2, 0.25) is 0 Å². The molecule has 0 spiro atoms. The Morgan fingerprint density at radius 1 is 1.22 bits per heavy atom. The summed E-state index contributed by atoms with van der Waals surface area (Å²) < 4.78 is 1.58. The number of aromatic nitrogens is 1. The van der Waals surface area contributed by atoms with Crippen molar-refractivity contribution < 1.29 is 4.79 Å². The number of halogens is 2. The maximum Gasteiger partial charge on any atom is 0.261 e. The monoisotopic (exact) mass is 370 g/mol. The van der Waals surface area contributed by atoms with E-state index in [2.05, 4.69) is 42.2 Å².